The van der Waals surface area contributed by atoms with Crippen molar-refractivity contribution in [3.8, 4) is 0 Å². The zero-order chi connectivity index (χ0) is 12.3. The summed E-state index contributed by atoms with van der Waals surface area (Å²) in [6, 6.07) is 7.76. The van der Waals surface area contributed by atoms with Gasteiger partial charge in [0.1, 0.15) is 5.69 Å². The molecule has 0 saturated carbocycles. The van der Waals surface area contributed by atoms with Gasteiger partial charge in [0, 0.05) is 29.0 Å². The van der Waals surface area contributed by atoms with Gasteiger partial charge < -0.3 is 10.3 Å². The molecule has 2 rings (SSSR count). The second-order valence-electron chi connectivity index (χ2n) is 3.38. The van der Waals surface area contributed by atoms with E-state index in [4.69, 9.17) is 11.6 Å². The first-order valence-corrected chi connectivity index (χ1v) is 5.28. The molecule has 0 spiro atoms. The standard InChI is InChI=1S/C12H9ClN2O2/c13-9-3-1-8(2-4-9)12(17)15-10-7-14-6-5-11(10)16/h1-7H,(H,14,16)(H,15,17). The van der Waals surface area contributed by atoms with Gasteiger partial charge in [0.05, 0.1) is 0 Å². The maximum atomic E-state index is 11.8. The van der Waals surface area contributed by atoms with E-state index in [2.05, 4.69) is 10.3 Å². The molecule has 86 valence electrons. The van der Waals surface area contributed by atoms with Crippen LogP contribution in [0.4, 0.5) is 5.69 Å². The quantitative estimate of drug-likeness (QED) is 0.857. The van der Waals surface area contributed by atoms with Crippen molar-refractivity contribution in [3.05, 3.63) is 63.5 Å². The van der Waals surface area contributed by atoms with Crippen molar-refractivity contribution in [2.24, 2.45) is 0 Å². The molecule has 17 heavy (non-hydrogen) atoms. The van der Waals surface area contributed by atoms with Crippen molar-refractivity contribution < 1.29 is 4.79 Å². The van der Waals surface area contributed by atoms with Crippen molar-refractivity contribution in [2.45, 2.75) is 0 Å². The van der Waals surface area contributed by atoms with Gasteiger partial charge in [0.2, 0.25) is 5.43 Å². The Kier molecular flexibility index (Phi) is 3.25. The molecular formula is C12H9ClN2O2. The first kappa shape index (κ1) is 11.4. The Morgan fingerprint density at radius 2 is 1.88 bits per heavy atom. The number of hydrogen-bond donors (Lipinski definition) is 2. The molecule has 0 saturated heterocycles. The Labute approximate surface area is 102 Å². The number of carbonyl (C=O) groups is 1. The van der Waals surface area contributed by atoms with E-state index in [1.54, 1.807) is 24.3 Å². The van der Waals surface area contributed by atoms with Gasteiger partial charge in [0.15, 0.2) is 0 Å². The van der Waals surface area contributed by atoms with Crippen LogP contribution in [0.1, 0.15) is 10.4 Å². The molecule has 0 aliphatic carbocycles. The molecule has 0 radical (unpaired) electrons. The molecule has 4 nitrogen and oxygen atoms in total. The molecule has 5 heteroatoms. The van der Waals surface area contributed by atoms with Crippen LogP contribution in [-0.2, 0) is 0 Å². The predicted octanol–water partition coefficient (Wildman–Crippen LogP) is 2.28. The van der Waals surface area contributed by atoms with E-state index < -0.39 is 0 Å². The third-order valence-corrected chi connectivity index (χ3v) is 2.43. The lowest BCUT2D eigenvalue weighted by atomic mass is 10.2. The fourth-order valence-electron chi connectivity index (χ4n) is 1.31. The number of carbonyl (C=O) groups excluding carboxylic acids is 1. The number of nitrogens with one attached hydrogen (secondary N) is 2. The van der Waals surface area contributed by atoms with Crippen LogP contribution in [-0.4, -0.2) is 10.9 Å². The second kappa shape index (κ2) is 4.84. The van der Waals surface area contributed by atoms with E-state index in [0.717, 1.165) is 0 Å². The highest BCUT2D eigenvalue weighted by Crippen LogP contribution is 2.10. The minimum absolute atomic E-state index is 0.215. The highest BCUT2D eigenvalue weighted by atomic mass is 35.5. The van der Waals surface area contributed by atoms with Gasteiger partial charge in [-0.25, -0.2) is 0 Å². The Balaban J connectivity index is 2.20. The summed E-state index contributed by atoms with van der Waals surface area (Å²) in [6.07, 6.45) is 2.94. The molecule has 1 heterocycles. The highest BCUT2D eigenvalue weighted by Gasteiger charge is 2.07. The van der Waals surface area contributed by atoms with Crippen molar-refractivity contribution in [3.63, 3.8) is 0 Å². The summed E-state index contributed by atoms with van der Waals surface area (Å²) in [4.78, 5) is 25.9. The number of aromatic amines is 1. The number of amides is 1. The van der Waals surface area contributed by atoms with Crippen LogP contribution < -0.4 is 10.7 Å². The van der Waals surface area contributed by atoms with E-state index in [9.17, 15) is 9.59 Å². The van der Waals surface area contributed by atoms with Gasteiger partial charge in [0.25, 0.3) is 5.91 Å². The molecule has 1 aromatic carbocycles. The van der Waals surface area contributed by atoms with Crippen LogP contribution in [0.25, 0.3) is 0 Å². The van der Waals surface area contributed by atoms with E-state index in [1.807, 2.05) is 0 Å². The second-order valence-corrected chi connectivity index (χ2v) is 3.82. The number of pyridine rings is 1. The van der Waals surface area contributed by atoms with Gasteiger partial charge in [-0.15, -0.1) is 0 Å². The van der Waals surface area contributed by atoms with Crippen LogP contribution >= 0.6 is 11.6 Å². The number of anilines is 1. The average molecular weight is 249 g/mol. The maximum Gasteiger partial charge on any atom is 0.255 e. The summed E-state index contributed by atoms with van der Waals surface area (Å²) in [5, 5.41) is 3.07. The monoisotopic (exact) mass is 248 g/mol. The summed E-state index contributed by atoms with van der Waals surface area (Å²) < 4.78 is 0. The predicted molar refractivity (Wildman–Crippen MR) is 66.5 cm³/mol. The summed E-state index contributed by atoms with van der Waals surface area (Å²) in [6.45, 7) is 0. The first-order chi connectivity index (χ1) is 8.16. The summed E-state index contributed by atoms with van der Waals surface area (Å²) in [5.74, 6) is -0.349. The lowest BCUT2D eigenvalue weighted by molar-refractivity contribution is 0.102. The minimum Gasteiger partial charge on any atom is -0.366 e. The van der Waals surface area contributed by atoms with Crippen LogP contribution in [0.15, 0.2) is 47.5 Å². The zero-order valence-corrected chi connectivity index (χ0v) is 9.49. The van der Waals surface area contributed by atoms with Crippen LogP contribution in [0, 0.1) is 0 Å². The molecule has 1 aromatic heterocycles. The molecule has 2 N–H and O–H groups in total. The van der Waals surface area contributed by atoms with Gasteiger partial charge in [-0.3, -0.25) is 9.59 Å². The Morgan fingerprint density at radius 3 is 2.53 bits per heavy atom. The van der Waals surface area contributed by atoms with Gasteiger partial charge >= 0.3 is 0 Å². The number of halogens is 1. The fourth-order valence-corrected chi connectivity index (χ4v) is 1.44. The lowest BCUT2D eigenvalue weighted by Gasteiger charge is -2.03. The fraction of sp³-hybridized carbons (Fsp3) is 0. The average Bonchev–Trinajstić information content (AvgIpc) is 2.33. The number of aromatic nitrogens is 1. The first-order valence-electron chi connectivity index (χ1n) is 4.91. The molecule has 2 aromatic rings. The SMILES string of the molecule is O=C(Nc1c[nH]ccc1=O)c1ccc(Cl)cc1. The van der Waals surface area contributed by atoms with E-state index in [0.29, 0.717) is 10.6 Å². The van der Waals surface area contributed by atoms with Gasteiger partial charge in [-0.1, -0.05) is 11.6 Å². The number of H-pyrrole nitrogens is 1. The Bertz CT molecular complexity index is 590. The molecule has 0 unspecified atom stereocenters. The van der Waals surface area contributed by atoms with E-state index >= 15 is 0 Å². The largest absolute Gasteiger partial charge is 0.366 e. The van der Waals surface area contributed by atoms with E-state index in [1.165, 1.54) is 18.5 Å². The molecule has 0 bridgehead atoms. The maximum absolute atomic E-state index is 11.8. The molecule has 0 aliphatic rings. The summed E-state index contributed by atoms with van der Waals surface area (Å²) >= 11 is 5.72. The zero-order valence-electron chi connectivity index (χ0n) is 8.74. The van der Waals surface area contributed by atoms with Gasteiger partial charge in [-0.2, -0.15) is 0 Å². The van der Waals surface area contributed by atoms with Crippen molar-refractivity contribution in [1.82, 2.24) is 4.98 Å². The topological polar surface area (TPSA) is 62.0 Å². The van der Waals surface area contributed by atoms with Crippen molar-refractivity contribution in [1.29, 1.82) is 0 Å². The molecule has 0 fully saturated rings. The normalized spacial score (nSPS) is 9.94. The highest BCUT2D eigenvalue weighted by molar-refractivity contribution is 6.30. The number of hydrogen-bond acceptors (Lipinski definition) is 2. The number of benzene rings is 1. The lowest BCUT2D eigenvalue weighted by Crippen LogP contribution is -2.17. The molecule has 0 aliphatic heterocycles. The minimum atomic E-state index is -0.349. The molecule has 1 amide bonds. The Hall–Kier alpha value is -2.07. The van der Waals surface area contributed by atoms with Gasteiger partial charge in [-0.05, 0) is 24.3 Å². The van der Waals surface area contributed by atoms with Crippen LogP contribution in [0.3, 0.4) is 0 Å². The smallest absolute Gasteiger partial charge is 0.255 e. The third-order valence-electron chi connectivity index (χ3n) is 2.18. The summed E-state index contributed by atoms with van der Waals surface area (Å²) in [7, 11) is 0. The van der Waals surface area contributed by atoms with Crippen LogP contribution in [0.2, 0.25) is 5.02 Å². The summed E-state index contributed by atoms with van der Waals surface area (Å²) in [5.41, 5.74) is 0.413. The van der Waals surface area contributed by atoms with E-state index in [-0.39, 0.29) is 17.0 Å². The number of rotatable bonds is 2. The Morgan fingerprint density at radius 1 is 1.18 bits per heavy atom. The molecule has 0 atom stereocenters. The molecular weight excluding hydrogens is 240 g/mol. The van der Waals surface area contributed by atoms with Crippen LogP contribution in [0.5, 0.6) is 0 Å². The third kappa shape index (κ3) is 2.73. The van der Waals surface area contributed by atoms with Crippen molar-refractivity contribution in [2.75, 3.05) is 5.32 Å². The van der Waals surface area contributed by atoms with Crippen molar-refractivity contribution >= 4 is 23.2 Å².